The van der Waals surface area contributed by atoms with Gasteiger partial charge in [-0.25, -0.2) is 9.59 Å². The zero-order valence-corrected chi connectivity index (χ0v) is 34.9. The van der Waals surface area contributed by atoms with E-state index in [2.05, 4.69) is 4.98 Å². The maximum atomic E-state index is 10.4. The van der Waals surface area contributed by atoms with Crippen LogP contribution in [0.15, 0.2) is 24.4 Å². The molecule has 1 heterocycles. The number of rotatable bonds is 2. The van der Waals surface area contributed by atoms with Gasteiger partial charge in [-0.15, -0.1) is 0 Å². The average Bonchev–Trinajstić information content (AvgIpc) is 2.78. The summed E-state index contributed by atoms with van der Waals surface area (Å²) in [5.74, 6) is -4.50. The van der Waals surface area contributed by atoms with E-state index in [0.717, 1.165) is 25.0 Å². The van der Waals surface area contributed by atoms with E-state index in [1.807, 2.05) is 25.1 Å². The molecule has 2 atom stereocenters. The monoisotopic (exact) mass is 1430 g/mol. The van der Waals surface area contributed by atoms with Crippen LogP contribution in [0.1, 0.15) is 50.6 Å². The number of aromatic nitrogens is 1. The van der Waals surface area contributed by atoms with Crippen molar-refractivity contribution >= 4 is 55.6 Å². The summed E-state index contributed by atoms with van der Waals surface area (Å²) in [5.41, 5.74) is 14.9. The van der Waals surface area contributed by atoms with Gasteiger partial charge < -0.3 is 62.6 Å². The predicted molar refractivity (Wildman–Crippen MR) is 160 cm³/mol. The van der Waals surface area contributed by atoms with Crippen LogP contribution >= 0.6 is 37.7 Å². The van der Waals surface area contributed by atoms with E-state index in [9.17, 15) is 4.79 Å². The van der Waals surface area contributed by atoms with Gasteiger partial charge in [0.05, 0.1) is 12.0 Å². The Morgan fingerprint density at radius 2 is 1.26 bits per heavy atom. The number of nitrogens with zero attached hydrogens (tertiary/aromatic N) is 1. The molecule has 1 aromatic heterocycles. The molecule has 0 radical (unpaired) electrons. The Hall–Kier alpha value is 1.15. The molecule has 43 heavy (non-hydrogen) atoms. The van der Waals surface area contributed by atoms with Gasteiger partial charge in [0.2, 0.25) is 0 Å². The number of nitrogens with one attached hydrogen (secondary N) is 2. The number of aliphatic hydroxyl groups excluding tert-OH is 1. The fourth-order valence-electron chi connectivity index (χ4n) is 2.62. The molecule has 0 spiro atoms. The Morgan fingerprint density at radius 3 is 1.35 bits per heavy atom. The van der Waals surface area contributed by atoms with Crippen LogP contribution in [0.4, 0.5) is 0 Å². The smallest absolute Gasteiger partial charge is 0.693 e. The van der Waals surface area contributed by atoms with Gasteiger partial charge in [0, 0.05) is 11.9 Å². The van der Waals surface area contributed by atoms with Gasteiger partial charge in [-0.2, -0.15) is 12.1 Å². The Balaban J connectivity index is -0.0000000381. The number of aryl methyl sites for hydroxylation is 1. The van der Waals surface area contributed by atoms with Crippen LogP contribution in [0, 0.1) is 12.3 Å². The molecule has 23 heteroatoms. The first-order chi connectivity index (χ1) is 16.9. The van der Waals surface area contributed by atoms with Crippen molar-refractivity contribution in [3.05, 3.63) is 72.3 Å². The molecular formula is C20H41Cl4N8O7Pt4-. The van der Waals surface area contributed by atoms with Crippen LogP contribution in [-0.4, -0.2) is 62.0 Å². The third-order valence-electron chi connectivity index (χ3n) is 4.83. The fourth-order valence-corrected chi connectivity index (χ4v) is 2.62. The van der Waals surface area contributed by atoms with E-state index >= 15 is 0 Å². The number of aliphatic hydroxyl groups is 1. The Kier molecular flexibility index (Phi) is 78.0. The first kappa shape index (κ1) is 70.5. The Morgan fingerprint density at radius 1 is 0.907 bits per heavy atom. The minimum Gasteiger partial charge on any atom is -0.693 e. The molecule has 0 aromatic carbocycles. The average molecular weight is 1430 g/mol. The zero-order chi connectivity index (χ0) is 28.6. The molecule has 2 aliphatic carbocycles. The van der Waals surface area contributed by atoms with Crippen molar-refractivity contribution in [1.82, 2.24) is 4.98 Å². The van der Waals surface area contributed by atoms with E-state index < -0.39 is 56.3 Å². The topological polar surface area (TPSA) is 360 Å². The standard InChI is InChI=1S/C6H12N2.C6H7N.C6H10O3.C2H2O4.4ClH.5H2N.4Pt/c7-5-3-1-2-4-6(5)8;1-6-4-2-3-5-7-6;7-4-6(5(8)9)2-1-3-6;3-1(4)2(5)6;;;;;;;;;;;;;/h5-8H,1-4H2;2-5H,1H3;7H,1-4H2,(H,8,9);(H,3,4)(H,5,6);4*1H;5*1H2;;;;/q-2;;;;;;;;5*-1;3*+2;+4/p-4/t5-,6-;;;;;;;;;;;;;;;;/m1................/s1. The fraction of sp³-hybridized carbons (Fsp3) is 0.600. The summed E-state index contributed by atoms with van der Waals surface area (Å²) in [4.78, 5) is 32.6. The minimum atomic E-state index is -1.82. The number of hydrogen-bond acceptors (Lipinski definition) is 5. The van der Waals surface area contributed by atoms with Crippen molar-refractivity contribution in [2.24, 2.45) is 5.41 Å². The molecule has 2 aliphatic rings. The third kappa shape index (κ3) is 43.2. The molecule has 16 N–H and O–H groups in total. The number of hydrogen-bond donors (Lipinski definition) is 4. The number of pyridine rings is 1. The van der Waals surface area contributed by atoms with Gasteiger partial charge in [-0.05, 0) is 31.9 Å². The maximum absolute atomic E-state index is 10.4. The van der Waals surface area contributed by atoms with E-state index in [4.69, 9.17) is 79.2 Å². The van der Waals surface area contributed by atoms with Crippen LogP contribution in [0.5, 0.6) is 0 Å². The van der Waals surface area contributed by atoms with E-state index in [-0.39, 0.29) is 91.6 Å². The summed E-state index contributed by atoms with van der Waals surface area (Å²) in [7, 11) is 19.5. The SMILES string of the molecule is Cc1ccccn1.O=C(O)C(=O)O.O=C(O)C1(CO)CCC1.[Cl][Pt+2][Cl].[Cl][Pt][Cl].[NH-][C@@H]1CCCC[C@H]1[NH-].[NH2-].[NH2-].[NH2-].[NH2-].[NH2-].[Pt+2].[Pt+2]. The van der Waals surface area contributed by atoms with Crippen LogP contribution in [0.25, 0.3) is 42.2 Å². The van der Waals surface area contributed by atoms with Crippen molar-refractivity contribution in [3.63, 3.8) is 0 Å². The van der Waals surface area contributed by atoms with Crippen molar-refractivity contribution in [3.8, 4) is 0 Å². The van der Waals surface area contributed by atoms with E-state index in [1.54, 1.807) is 6.20 Å². The number of nitrogens with two attached hydrogens (primary N) is 5. The second-order valence-electron chi connectivity index (χ2n) is 7.27. The predicted octanol–water partition coefficient (Wildman–Crippen LogP) is 9.51. The molecule has 0 bridgehead atoms. The van der Waals surface area contributed by atoms with E-state index in [0.29, 0.717) is 12.8 Å². The van der Waals surface area contributed by atoms with Gasteiger partial charge in [-0.3, -0.25) is 9.78 Å². The van der Waals surface area contributed by atoms with Crippen LogP contribution in [-0.2, 0) is 89.5 Å². The second-order valence-corrected chi connectivity index (χ2v) is 13.8. The Labute approximate surface area is 315 Å². The minimum absolute atomic E-state index is 0. The van der Waals surface area contributed by atoms with Crippen molar-refractivity contribution in [2.75, 3.05) is 6.61 Å². The van der Waals surface area contributed by atoms with Gasteiger partial charge in [-0.1, -0.05) is 38.2 Å². The van der Waals surface area contributed by atoms with Gasteiger partial charge >= 0.3 is 131 Å². The summed E-state index contributed by atoms with van der Waals surface area (Å²) in [6, 6.07) is 5.70. The van der Waals surface area contributed by atoms with E-state index in [1.165, 1.54) is 12.8 Å². The van der Waals surface area contributed by atoms with Gasteiger partial charge in [0.15, 0.2) is 0 Å². The molecule has 2 saturated carbocycles. The second kappa shape index (κ2) is 47.6. The largest absolute Gasteiger partial charge is 2.00 e. The van der Waals surface area contributed by atoms with Crippen LogP contribution in [0.3, 0.4) is 0 Å². The van der Waals surface area contributed by atoms with Crippen molar-refractivity contribution < 1.29 is 110 Å². The number of carboxylic acids is 3. The molecule has 0 aliphatic heterocycles. The molecule has 2 fully saturated rings. The summed E-state index contributed by atoms with van der Waals surface area (Å²) < 4.78 is 0. The van der Waals surface area contributed by atoms with Crippen LogP contribution in [0.2, 0.25) is 0 Å². The normalized spacial score (nSPS) is 15.6. The van der Waals surface area contributed by atoms with Crippen LogP contribution < -0.4 is 0 Å². The van der Waals surface area contributed by atoms with Gasteiger partial charge in [0.1, 0.15) is 0 Å². The molecule has 0 saturated heterocycles. The molecule has 0 amide bonds. The third-order valence-corrected chi connectivity index (χ3v) is 4.83. The molecule has 15 nitrogen and oxygen atoms in total. The number of halogens is 4. The Bertz CT molecular complexity index is 702. The molecular weight excluding hydrogens is 1390 g/mol. The molecule has 3 rings (SSSR count). The number of carbonyl (C=O) groups is 3. The summed E-state index contributed by atoms with van der Waals surface area (Å²) in [6.07, 6.45) is 8.25. The molecule has 0 unspecified atom stereocenters. The first-order valence-electron chi connectivity index (χ1n) is 10.1. The summed E-state index contributed by atoms with van der Waals surface area (Å²) >= 11 is -0.944. The van der Waals surface area contributed by atoms with Gasteiger partial charge in [0.25, 0.3) is 0 Å². The maximum Gasteiger partial charge on any atom is 2.00 e. The first-order valence-corrected chi connectivity index (χ1v) is 21.4. The van der Waals surface area contributed by atoms with Crippen molar-refractivity contribution in [1.29, 1.82) is 0 Å². The molecule has 272 valence electrons. The summed E-state index contributed by atoms with van der Waals surface area (Å²) in [5, 5.41) is 31.9. The molecule has 1 aromatic rings. The zero-order valence-electron chi connectivity index (χ0n) is 22.7. The number of carboxylic acid groups (broad SMARTS) is 3. The number of aliphatic carboxylic acids is 3. The summed E-state index contributed by atoms with van der Waals surface area (Å²) in [6.45, 7) is 1.77. The quantitative estimate of drug-likeness (QED) is 0.206. The van der Waals surface area contributed by atoms with Crippen molar-refractivity contribution in [2.45, 2.75) is 64.0 Å².